The Morgan fingerprint density at radius 1 is 0.361 bits per heavy atom. The third-order valence-corrected chi connectivity index (χ3v) is 19.7. The van der Waals surface area contributed by atoms with E-state index in [4.69, 9.17) is 53.1 Å². The van der Waals surface area contributed by atoms with Crippen LogP contribution in [0.3, 0.4) is 0 Å². The Morgan fingerprint density at radius 3 is 0.750 bits per heavy atom. The van der Waals surface area contributed by atoms with Gasteiger partial charge in [0.1, 0.15) is 0 Å². The first-order valence-electron chi connectivity index (χ1n) is 11.7. The van der Waals surface area contributed by atoms with Gasteiger partial charge in [-0.15, -0.1) is 0 Å². The van der Waals surface area contributed by atoms with E-state index in [1.54, 1.807) is 85.3 Å². The summed E-state index contributed by atoms with van der Waals surface area (Å²) in [6, 6.07) is 1.69. The minimum atomic E-state index is -2.83. The molecule has 0 fully saturated rings. The second-order valence-electron chi connectivity index (χ2n) is 7.66. The van der Waals surface area contributed by atoms with Gasteiger partial charge in [0, 0.05) is 97.4 Å². The van der Waals surface area contributed by atoms with Gasteiger partial charge in [0.15, 0.2) is 0 Å². The predicted molar refractivity (Wildman–Crippen MR) is 145 cm³/mol. The van der Waals surface area contributed by atoms with Crippen molar-refractivity contribution in [1.29, 1.82) is 0 Å². The highest BCUT2D eigenvalue weighted by atomic mass is 28.5. The molecule has 16 heteroatoms. The van der Waals surface area contributed by atoms with Gasteiger partial charge in [-0.2, -0.15) is 0 Å². The maximum Gasteiger partial charge on any atom is 0.507 e. The van der Waals surface area contributed by atoms with E-state index in [0.717, 1.165) is 37.8 Å². The molecule has 0 heterocycles. The maximum absolute atomic E-state index is 5.40. The summed E-state index contributed by atoms with van der Waals surface area (Å²) in [6.07, 6.45) is 4.27. The van der Waals surface area contributed by atoms with Crippen molar-refractivity contribution in [3.63, 3.8) is 0 Å². The van der Waals surface area contributed by atoms with Crippen molar-refractivity contribution in [3.8, 4) is 0 Å². The predicted octanol–water partition coefficient (Wildman–Crippen LogP) is 2.97. The molecule has 12 nitrogen and oxygen atoms in total. The van der Waals surface area contributed by atoms with Crippen LogP contribution in [0.2, 0.25) is 17.3 Å². The summed E-state index contributed by atoms with van der Waals surface area (Å²) in [6.45, 7) is 1.89. The molecule has 0 aromatic carbocycles. The SMILES string of the molecule is CO[Si](CCCCCC[Si](OC)(OC)OC)(OC)OC.CO[Si](OC)(OC)C(C)[Si](OC)(OC)OC. The molecule has 0 atom stereocenters. The molecule has 0 aliphatic rings. The first-order chi connectivity index (χ1) is 17.1. The van der Waals surface area contributed by atoms with E-state index in [1.807, 2.05) is 6.92 Å². The van der Waals surface area contributed by atoms with Gasteiger partial charge in [-0.3, -0.25) is 0 Å². The Morgan fingerprint density at radius 2 is 0.583 bits per heavy atom. The fourth-order valence-electron chi connectivity index (χ4n) is 3.93. The molecule has 0 spiro atoms. The lowest BCUT2D eigenvalue weighted by molar-refractivity contribution is 0.0827. The molecule has 0 aromatic heterocycles. The molecule has 0 N–H and O–H groups in total. The maximum atomic E-state index is 5.40. The van der Waals surface area contributed by atoms with Crippen LogP contribution in [-0.2, 0) is 53.1 Å². The lowest BCUT2D eigenvalue weighted by Crippen LogP contribution is -2.61. The van der Waals surface area contributed by atoms with Gasteiger partial charge >= 0.3 is 35.2 Å². The molecule has 0 saturated carbocycles. The van der Waals surface area contributed by atoms with Crippen LogP contribution < -0.4 is 0 Å². The van der Waals surface area contributed by atoms with E-state index in [1.165, 1.54) is 0 Å². The summed E-state index contributed by atoms with van der Waals surface area (Å²) in [5.41, 5.74) is 0. The summed E-state index contributed by atoms with van der Waals surface area (Å²) in [4.78, 5) is 0. The molecule has 0 bridgehead atoms. The Labute approximate surface area is 223 Å². The highest BCUT2D eigenvalue weighted by Gasteiger charge is 2.61. The summed E-state index contributed by atoms with van der Waals surface area (Å²) in [5, 5.41) is -0.208. The topological polar surface area (TPSA) is 111 Å². The van der Waals surface area contributed by atoms with E-state index < -0.39 is 35.2 Å². The smallest absolute Gasteiger partial charge is 0.377 e. The van der Waals surface area contributed by atoms with E-state index in [2.05, 4.69) is 0 Å². The lowest BCUT2D eigenvalue weighted by atomic mass is 10.2. The van der Waals surface area contributed by atoms with Crippen molar-refractivity contribution in [2.75, 3.05) is 85.3 Å². The van der Waals surface area contributed by atoms with Crippen molar-refractivity contribution >= 4 is 35.2 Å². The molecular formula is C20H52O12Si4. The Hall–Kier alpha value is 0.388. The molecule has 0 saturated heterocycles. The summed E-state index contributed by atoms with van der Waals surface area (Å²) >= 11 is 0. The molecule has 0 aromatic rings. The number of rotatable bonds is 21. The monoisotopic (exact) mass is 596 g/mol. The third kappa shape index (κ3) is 10.9. The van der Waals surface area contributed by atoms with E-state index in [-0.39, 0.29) is 5.16 Å². The van der Waals surface area contributed by atoms with Crippen LogP contribution in [0.15, 0.2) is 0 Å². The van der Waals surface area contributed by atoms with Crippen LogP contribution in [0.4, 0.5) is 0 Å². The van der Waals surface area contributed by atoms with E-state index in [9.17, 15) is 0 Å². The number of unbranched alkanes of at least 4 members (excludes halogenated alkanes) is 3. The molecule has 0 rings (SSSR count). The molecule has 0 amide bonds. The van der Waals surface area contributed by atoms with Crippen LogP contribution in [0.25, 0.3) is 0 Å². The molecular weight excluding hydrogens is 545 g/mol. The standard InChI is InChI=1S/C12H30O6Si2.C8H22O6Si2/c1-13-19(14-2,15-3)11-9-7-8-10-12-20(16-4,17-5)18-6;1-8(15(9-2,10-3)11-4)16(12-5,13-6)14-7/h7-12H2,1-6H3;8H,1-7H3. The van der Waals surface area contributed by atoms with Gasteiger partial charge in [-0.25, -0.2) is 0 Å². The van der Waals surface area contributed by atoms with E-state index in [0.29, 0.717) is 0 Å². The zero-order chi connectivity index (χ0) is 28.3. The van der Waals surface area contributed by atoms with Crippen LogP contribution in [-0.4, -0.2) is 121 Å². The first-order valence-corrected chi connectivity index (χ1v) is 19.2. The number of hydrogen-bond donors (Lipinski definition) is 0. The highest BCUT2D eigenvalue weighted by Crippen LogP contribution is 2.34. The van der Waals surface area contributed by atoms with Gasteiger partial charge in [0.2, 0.25) is 0 Å². The largest absolute Gasteiger partial charge is 0.507 e. The van der Waals surface area contributed by atoms with Crippen molar-refractivity contribution < 1.29 is 53.1 Å². The molecule has 36 heavy (non-hydrogen) atoms. The van der Waals surface area contributed by atoms with Crippen molar-refractivity contribution in [3.05, 3.63) is 0 Å². The van der Waals surface area contributed by atoms with Gasteiger partial charge in [-0.1, -0.05) is 19.8 Å². The second kappa shape index (κ2) is 20.3. The van der Waals surface area contributed by atoms with Crippen molar-refractivity contribution in [1.82, 2.24) is 0 Å². The first kappa shape index (κ1) is 38.5. The molecule has 0 radical (unpaired) electrons. The number of hydrogen-bond acceptors (Lipinski definition) is 12. The van der Waals surface area contributed by atoms with Crippen molar-refractivity contribution in [2.24, 2.45) is 0 Å². The van der Waals surface area contributed by atoms with Crippen molar-refractivity contribution in [2.45, 2.75) is 49.9 Å². The Kier molecular flexibility index (Phi) is 21.7. The van der Waals surface area contributed by atoms with Gasteiger partial charge < -0.3 is 53.1 Å². The second-order valence-corrected chi connectivity index (χ2v) is 21.0. The molecule has 0 unspecified atom stereocenters. The highest BCUT2D eigenvalue weighted by molar-refractivity contribution is 6.82. The minimum Gasteiger partial charge on any atom is -0.377 e. The average molecular weight is 597 g/mol. The van der Waals surface area contributed by atoms with Crippen LogP contribution in [0.1, 0.15) is 32.6 Å². The summed E-state index contributed by atoms with van der Waals surface area (Å²) < 4.78 is 64.7. The normalized spacial score (nSPS) is 13.2. The lowest BCUT2D eigenvalue weighted by Gasteiger charge is -2.37. The fourth-order valence-corrected chi connectivity index (χ4v) is 14.5. The summed E-state index contributed by atoms with van der Waals surface area (Å²) in [7, 11) is 8.73. The Bertz CT molecular complexity index is 442. The summed E-state index contributed by atoms with van der Waals surface area (Å²) in [5.74, 6) is 0. The fraction of sp³-hybridized carbons (Fsp3) is 1.00. The molecule has 220 valence electrons. The average Bonchev–Trinajstić information content (AvgIpc) is 2.94. The quantitative estimate of drug-likeness (QED) is 0.143. The van der Waals surface area contributed by atoms with E-state index >= 15 is 0 Å². The van der Waals surface area contributed by atoms with Crippen LogP contribution in [0.5, 0.6) is 0 Å². The van der Waals surface area contributed by atoms with Gasteiger partial charge in [-0.05, 0) is 12.8 Å². The van der Waals surface area contributed by atoms with Crippen LogP contribution >= 0.6 is 0 Å². The third-order valence-electron chi connectivity index (χ3n) is 6.35. The zero-order valence-corrected chi connectivity index (χ0v) is 28.7. The van der Waals surface area contributed by atoms with Gasteiger partial charge in [0.25, 0.3) is 0 Å². The molecule has 0 aliphatic carbocycles. The van der Waals surface area contributed by atoms with Crippen LogP contribution in [0, 0.1) is 0 Å². The minimum absolute atomic E-state index is 0.208. The van der Waals surface area contributed by atoms with Gasteiger partial charge in [0.05, 0.1) is 5.16 Å². The molecule has 0 aliphatic heterocycles. The Balaban J connectivity index is 0. The zero-order valence-electron chi connectivity index (χ0n) is 24.7.